The molecule has 1 aliphatic rings. The smallest absolute Gasteiger partial charge is 0.273 e. The van der Waals surface area contributed by atoms with Crippen molar-refractivity contribution < 1.29 is 9.18 Å². The summed E-state index contributed by atoms with van der Waals surface area (Å²) in [6.45, 7) is 0.945. The van der Waals surface area contributed by atoms with Crippen LogP contribution >= 0.6 is 0 Å². The van der Waals surface area contributed by atoms with E-state index in [-0.39, 0.29) is 17.6 Å². The van der Waals surface area contributed by atoms with Gasteiger partial charge in [0.25, 0.3) is 5.91 Å². The molecule has 1 aliphatic heterocycles. The minimum atomic E-state index is -0.453. The van der Waals surface area contributed by atoms with Gasteiger partial charge in [-0.05, 0) is 29.7 Å². The largest absolute Gasteiger partial charge is 0.329 e. The minimum Gasteiger partial charge on any atom is -0.329 e. The average molecular weight is 285 g/mol. The Morgan fingerprint density at radius 3 is 2.86 bits per heavy atom. The van der Waals surface area contributed by atoms with Crippen molar-refractivity contribution in [1.82, 2.24) is 9.88 Å². The number of carbonyl (C=O) groups excluding carboxylic acids is 1. The summed E-state index contributed by atoms with van der Waals surface area (Å²) in [6, 6.07) is 10.5. The molecule has 3 rings (SSSR count). The lowest BCUT2D eigenvalue weighted by atomic mass is 9.92. The molecule has 0 spiro atoms. The number of hydrogen-bond donors (Lipinski definition) is 1. The van der Waals surface area contributed by atoms with Gasteiger partial charge in [-0.25, -0.2) is 9.37 Å². The summed E-state index contributed by atoms with van der Waals surface area (Å²) < 4.78 is 12.9. The molecule has 1 amide bonds. The Labute approximate surface area is 122 Å². The van der Waals surface area contributed by atoms with E-state index >= 15 is 0 Å². The average Bonchev–Trinajstić information content (AvgIpc) is 2.53. The molecule has 21 heavy (non-hydrogen) atoms. The van der Waals surface area contributed by atoms with Gasteiger partial charge in [0, 0.05) is 13.1 Å². The lowest BCUT2D eigenvalue weighted by Crippen LogP contribution is -2.43. The van der Waals surface area contributed by atoms with E-state index in [9.17, 15) is 9.18 Å². The number of nitrogens with two attached hydrogens (primary N) is 1. The summed E-state index contributed by atoms with van der Waals surface area (Å²) in [6.07, 6.45) is 1.85. The Kier molecular flexibility index (Phi) is 3.66. The highest BCUT2D eigenvalue weighted by Gasteiger charge is 2.30. The lowest BCUT2D eigenvalue weighted by molar-refractivity contribution is 0.0661. The van der Waals surface area contributed by atoms with Gasteiger partial charge in [-0.2, -0.15) is 0 Å². The van der Waals surface area contributed by atoms with Gasteiger partial charge in [0.15, 0.2) is 0 Å². The minimum absolute atomic E-state index is 0.158. The van der Waals surface area contributed by atoms with Gasteiger partial charge < -0.3 is 10.6 Å². The predicted molar refractivity (Wildman–Crippen MR) is 77.2 cm³/mol. The van der Waals surface area contributed by atoms with Crippen molar-refractivity contribution in [3.63, 3.8) is 0 Å². The number of benzene rings is 1. The van der Waals surface area contributed by atoms with Crippen LogP contribution in [0.3, 0.4) is 0 Å². The first-order valence-corrected chi connectivity index (χ1v) is 6.91. The lowest BCUT2D eigenvalue weighted by Gasteiger charge is -2.36. The van der Waals surface area contributed by atoms with Crippen molar-refractivity contribution in [3.8, 4) is 0 Å². The standard InChI is InChI=1S/C16H16FN3O/c17-12-5-6-14(19-10-12)16(21)20-8-7-11-3-1-2-4-13(11)15(20)9-18/h1-6,10,15H,7-9,18H2. The van der Waals surface area contributed by atoms with E-state index in [2.05, 4.69) is 11.1 Å². The zero-order valence-corrected chi connectivity index (χ0v) is 11.5. The highest BCUT2D eigenvalue weighted by molar-refractivity contribution is 5.92. The summed E-state index contributed by atoms with van der Waals surface area (Å²) in [7, 11) is 0. The van der Waals surface area contributed by atoms with E-state index in [0.29, 0.717) is 13.1 Å². The van der Waals surface area contributed by atoms with Gasteiger partial charge >= 0.3 is 0 Å². The molecule has 0 radical (unpaired) electrons. The molecule has 2 heterocycles. The third-order valence-corrected chi connectivity index (χ3v) is 3.84. The monoisotopic (exact) mass is 285 g/mol. The molecule has 4 nitrogen and oxygen atoms in total. The number of halogens is 1. The molecular formula is C16H16FN3O. The van der Waals surface area contributed by atoms with E-state index in [1.165, 1.54) is 17.7 Å². The molecule has 5 heteroatoms. The van der Waals surface area contributed by atoms with Crippen molar-refractivity contribution in [2.45, 2.75) is 12.5 Å². The Morgan fingerprint density at radius 2 is 2.14 bits per heavy atom. The molecule has 0 bridgehead atoms. The first kappa shape index (κ1) is 13.7. The summed E-state index contributed by atoms with van der Waals surface area (Å²) in [5.41, 5.74) is 8.43. The number of fused-ring (bicyclic) bond motifs is 1. The fourth-order valence-electron chi connectivity index (χ4n) is 2.80. The van der Waals surface area contributed by atoms with Crippen molar-refractivity contribution >= 4 is 5.91 Å². The van der Waals surface area contributed by atoms with E-state index < -0.39 is 5.82 Å². The number of pyridine rings is 1. The van der Waals surface area contributed by atoms with Crippen molar-refractivity contribution in [2.75, 3.05) is 13.1 Å². The molecule has 1 atom stereocenters. The molecule has 0 saturated carbocycles. The first-order chi connectivity index (χ1) is 10.2. The maximum absolute atomic E-state index is 12.9. The number of carbonyl (C=O) groups is 1. The zero-order valence-electron chi connectivity index (χ0n) is 11.5. The van der Waals surface area contributed by atoms with Gasteiger partial charge in [-0.3, -0.25) is 4.79 Å². The van der Waals surface area contributed by atoms with Gasteiger partial charge in [0.1, 0.15) is 11.5 Å². The van der Waals surface area contributed by atoms with E-state index in [4.69, 9.17) is 5.73 Å². The van der Waals surface area contributed by atoms with Gasteiger partial charge in [0.2, 0.25) is 0 Å². The fraction of sp³-hybridized carbons (Fsp3) is 0.250. The number of hydrogen-bond acceptors (Lipinski definition) is 3. The van der Waals surface area contributed by atoms with Crippen LogP contribution < -0.4 is 5.73 Å². The van der Waals surface area contributed by atoms with Crippen LogP contribution in [0.15, 0.2) is 42.6 Å². The summed E-state index contributed by atoms with van der Waals surface area (Å²) in [5, 5.41) is 0. The molecule has 0 aliphatic carbocycles. The second-order valence-electron chi connectivity index (χ2n) is 5.06. The van der Waals surface area contributed by atoms with Crippen LogP contribution in [-0.4, -0.2) is 28.9 Å². The van der Waals surface area contributed by atoms with Crippen LogP contribution in [0.2, 0.25) is 0 Å². The molecule has 2 N–H and O–H groups in total. The van der Waals surface area contributed by atoms with E-state index in [1.54, 1.807) is 4.90 Å². The zero-order chi connectivity index (χ0) is 14.8. The summed E-state index contributed by atoms with van der Waals surface area (Å²) in [4.78, 5) is 18.2. The fourth-order valence-corrected chi connectivity index (χ4v) is 2.80. The number of nitrogens with zero attached hydrogens (tertiary/aromatic N) is 2. The topological polar surface area (TPSA) is 59.2 Å². The van der Waals surface area contributed by atoms with Crippen LogP contribution in [0.4, 0.5) is 4.39 Å². The molecule has 1 aromatic heterocycles. The van der Waals surface area contributed by atoms with Gasteiger partial charge in [-0.1, -0.05) is 24.3 Å². The Hall–Kier alpha value is -2.27. The number of amides is 1. The molecular weight excluding hydrogens is 269 g/mol. The van der Waals surface area contributed by atoms with Gasteiger partial charge in [-0.15, -0.1) is 0 Å². The molecule has 0 fully saturated rings. The molecule has 2 aromatic rings. The Bertz CT molecular complexity index is 657. The summed E-state index contributed by atoms with van der Waals surface area (Å²) >= 11 is 0. The highest BCUT2D eigenvalue weighted by atomic mass is 19.1. The SMILES string of the molecule is NCC1c2ccccc2CCN1C(=O)c1ccc(F)cn1. The number of aromatic nitrogens is 1. The van der Waals surface area contributed by atoms with Crippen molar-refractivity contribution in [3.05, 3.63) is 65.2 Å². The quantitative estimate of drug-likeness (QED) is 0.917. The third kappa shape index (κ3) is 2.52. The molecule has 1 unspecified atom stereocenters. The Balaban J connectivity index is 1.92. The first-order valence-electron chi connectivity index (χ1n) is 6.91. The Morgan fingerprint density at radius 1 is 1.33 bits per heavy atom. The van der Waals surface area contributed by atoms with E-state index in [1.807, 2.05) is 18.2 Å². The van der Waals surface area contributed by atoms with Crippen LogP contribution in [0, 0.1) is 5.82 Å². The van der Waals surface area contributed by atoms with Crippen LogP contribution in [0.25, 0.3) is 0 Å². The maximum atomic E-state index is 12.9. The maximum Gasteiger partial charge on any atom is 0.273 e. The van der Waals surface area contributed by atoms with Crippen LogP contribution in [0.1, 0.15) is 27.7 Å². The van der Waals surface area contributed by atoms with Crippen LogP contribution in [0.5, 0.6) is 0 Å². The van der Waals surface area contributed by atoms with Crippen LogP contribution in [-0.2, 0) is 6.42 Å². The normalized spacial score (nSPS) is 17.4. The second-order valence-corrected chi connectivity index (χ2v) is 5.06. The number of rotatable bonds is 2. The highest BCUT2D eigenvalue weighted by Crippen LogP contribution is 2.29. The third-order valence-electron chi connectivity index (χ3n) is 3.84. The second kappa shape index (κ2) is 5.61. The van der Waals surface area contributed by atoms with Crippen molar-refractivity contribution in [2.24, 2.45) is 5.73 Å². The predicted octanol–water partition coefficient (Wildman–Crippen LogP) is 1.92. The summed E-state index contributed by atoms with van der Waals surface area (Å²) in [5.74, 6) is -0.661. The van der Waals surface area contributed by atoms with Gasteiger partial charge in [0.05, 0.1) is 12.2 Å². The van der Waals surface area contributed by atoms with E-state index in [0.717, 1.165) is 18.2 Å². The van der Waals surface area contributed by atoms with Crippen molar-refractivity contribution in [1.29, 1.82) is 0 Å². The molecule has 108 valence electrons. The molecule has 1 aromatic carbocycles. The molecule has 0 saturated heterocycles.